The van der Waals surface area contributed by atoms with Crippen molar-refractivity contribution in [3.05, 3.63) is 59.5 Å². The lowest BCUT2D eigenvalue weighted by atomic mass is 9.93. The molecule has 2 heterocycles. The average molecular weight is 443 g/mol. The van der Waals surface area contributed by atoms with Gasteiger partial charge < -0.3 is 18.7 Å². The number of ether oxygens (including phenoxy) is 3. The van der Waals surface area contributed by atoms with E-state index in [9.17, 15) is 8.78 Å². The molecule has 1 spiro atoms. The summed E-state index contributed by atoms with van der Waals surface area (Å²) < 4.78 is 46.5. The number of rotatable bonds is 6. The van der Waals surface area contributed by atoms with Crippen LogP contribution in [0.1, 0.15) is 23.4 Å². The van der Waals surface area contributed by atoms with E-state index in [4.69, 9.17) is 14.0 Å². The molecule has 0 N–H and O–H groups in total. The smallest absolute Gasteiger partial charge is 0.387 e. The minimum absolute atomic E-state index is 0.0505. The summed E-state index contributed by atoms with van der Waals surface area (Å²) in [5.74, 6) is 0.959. The molecule has 1 unspecified atom stereocenters. The SMILES string of the molecule is COc1cc(-c2noc(CN3CCOC4(CCc5ccccc54)C3)n2)ccc1OC(F)F. The van der Waals surface area contributed by atoms with Gasteiger partial charge in [0.1, 0.15) is 5.60 Å². The zero-order valence-corrected chi connectivity index (χ0v) is 17.6. The maximum atomic E-state index is 12.5. The van der Waals surface area contributed by atoms with Crippen molar-refractivity contribution >= 4 is 0 Å². The van der Waals surface area contributed by atoms with Crippen molar-refractivity contribution in [1.29, 1.82) is 0 Å². The van der Waals surface area contributed by atoms with Gasteiger partial charge in [-0.1, -0.05) is 29.4 Å². The van der Waals surface area contributed by atoms with Gasteiger partial charge in [-0.15, -0.1) is 0 Å². The summed E-state index contributed by atoms with van der Waals surface area (Å²) in [4.78, 5) is 6.76. The predicted molar refractivity (Wildman–Crippen MR) is 111 cm³/mol. The first-order valence-corrected chi connectivity index (χ1v) is 10.5. The van der Waals surface area contributed by atoms with E-state index >= 15 is 0 Å². The van der Waals surface area contributed by atoms with Crippen LogP contribution in [0, 0.1) is 0 Å². The van der Waals surface area contributed by atoms with E-state index in [1.54, 1.807) is 12.1 Å². The van der Waals surface area contributed by atoms with Gasteiger partial charge in [0.2, 0.25) is 11.7 Å². The molecule has 1 atom stereocenters. The first-order chi connectivity index (χ1) is 15.6. The van der Waals surface area contributed by atoms with Gasteiger partial charge in [0.05, 0.1) is 20.3 Å². The first kappa shape index (κ1) is 20.8. The zero-order valence-electron chi connectivity index (χ0n) is 17.6. The molecule has 1 aliphatic carbocycles. The van der Waals surface area contributed by atoms with Gasteiger partial charge in [0, 0.05) is 18.7 Å². The minimum Gasteiger partial charge on any atom is -0.493 e. The molecule has 7 nitrogen and oxygen atoms in total. The van der Waals surface area contributed by atoms with Gasteiger partial charge in [0.25, 0.3) is 0 Å². The van der Waals surface area contributed by atoms with Crippen LogP contribution in [-0.2, 0) is 23.3 Å². The molecule has 9 heteroatoms. The quantitative estimate of drug-likeness (QED) is 0.570. The van der Waals surface area contributed by atoms with Crippen molar-refractivity contribution in [3.63, 3.8) is 0 Å². The van der Waals surface area contributed by atoms with Crippen LogP contribution in [0.2, 0.25) is 0 Å². The number of nitrogens with zero attached hydrogens (tertiary/aromatic N) is 3. The lowest BCUT2D eigenvalue weighted by molar-refractivity contribution is -0.117. The highest BCUT2D eigenvalue weighted by Crippen LogP contribution is 2.42. The van der Waals surface area contributed by atoms with Gasteiger partial charge in [-0.3, -0.25) is 4.90 Å². The molecule has 1 aromatic heterocycles. The van der Waals surface area contributed by atoms with Gasteiger partial charge in [0.15, 0.2) is 11.5 Å². The maximum absolute atomic E-state index is 12.5. The number of alkyl halides is 2. The monoisotopic (exact) mass is 443 g/mol. The molecule has 0 saturated carbocycles. The third-order valence-electron chi connectivity index (χ3n) is 6.04. The fourth-order valence-corrected chi connectivity index (χ4v) is 4.59. The van der Waals surface area contributed by atoms with Gasteiger partial charge in [-0.25, -0.2) is 0 Å². The van der Waals surface area contributed by atoms with E-state index in [1.807, 2.05) is 0 Å². The number of aryl methyl sites for hydroxylation is 1. The third-order valence-corrected chi connectivity index (χ3v) is 6.04. The summed E-state index contributed by atoms with van der Waals surface area (Å²) in [7, 11) is 1.38. The summed E-state index contributed by atoms with van der Waals surface area (Å²) >= 11 is 0. The second-order valence-corrected chi connectivity index (χ2v) is 7.97. The summed E-state index contributed by atoms with van der Waals surface area (Å²) in [6.45, 7) is -0.262. The number of halogens is 2. The highest BCUT2D eigenvalue weighted by molar-refractivity contribution is 5.60. The molecule has 1 fully saturated rings. The molecule has 3 aromatic rings. The van der Waals surface area contributed by atoms with E-state index in [0.29, 0.717) is 30.4 Å². The Balaban J connectivity index is 1.31. The lowest BCUT2D eigenvalue weighted by Gasteiger charge is -2.40. The van der Waals surface area contributed by atoms with Crippen LogP contribution in [-0.4, -0.2) is 48.5 Å². The largest absolute Gasteiger partial charge is 0.493 e. The summed E-state index contributed by atoms with van der Waals surface area (Å²) in [6.07, 6.45) is 1.98. The molecule has 0 bridgehead atoms. The van der Waals surface area contributed by atoms with Gasteiger partial charge >= 0.3 is 6.61 Å². The molecular formula is C23H23F2N3O4. The van der Waals surface area contributed by atoms with E-state index in [1.165, 1.54) is 24.3 Å². The molecule has 0 amide bonds. The molecule has 0 radical (unpaired) electrons. The van der Waals surface area contributed by atoms with E-state index < -0.39 is 6.61 Å². The zero-order chi connectivity index (χ0) is 22.1. The number of methoxy groups -OCH3 is 1. The van der Waals surface area contributed by atoms with Crippen molar-refractivity contribution in [1.82, 2.24) is 15.0 Å². The van der Waals surface area contributed by atoms with Crippen molar-refractivity contribution in [2.24, 2.45) is 0 Å². The van der Waals surface area contributed by atoms with Crippen molar-refractivity contribution in [2.75, 3.05) is 26.8 Å². The van der Waals surface area contributed by atoms with Crippen LogP contribution < -0.4 is 9.47 Å². The Hall–Kier alpha value is -3.04. The summed E-state index contributed by atoms with van der Waals surface area (Å²) in [5, 5.41) is 4.05. The third kappa shape index (κ3) is 3.93. The Morgan fingerprint density at radius 2 is 2.06 bits per heavy atom. The van der Waals surface area contributed by atoms with Crippen LogP contribution in [0.4, 0.5) is 8.78 Å². The maximum Gasteiger partial charge on any atom is 0.387 e. The fourth-order valence-electron chi connectivity index (χ4n) is 4.59. The molecule has 1 saturated heterocycles. The fraction of sp³-hybridized carbons (Fsp3) is 0.391. The van der Waals surface area contributed by atoms with Crippen LogP contribution in [0.3, 0.4) is 0 Å². The van der Waals surface area contributed by atoms with Crippen LogP contribution in [0.15, 0.2) is 47.0 Å². The normalized spacial score (nSPS) is 20.6. The second kappa shape index (κ2) is 8.48. The number of morpholine rings is 1. The number of aromatic nitrogens is 2. The molecule has 5 rings (SSSR count). The number of hydrogen-bond acceptors (Lipinski definition) is 7. The van der Waals surface area contributed by atoms with E-state index in [-0.39, 0.29) is 17.1 Å². The number of fused-ring (bicyclic) bond motifs is 2. The summed E-state index contributed by atoms with van der Waals surface area (Å²) in [6, 6.07) is 13.0. The highest BCUT2D eigenvalue weighted by Gasteiger charge is 2.43. The first-order valence-electron chi connectivity index (χ1n) is 10.5. The Labute approximate surface area is 183 Å². The van der Waals surface area contributed by atoms with Crippen molar-refractivity contribution < 1.29 is 27.5 Å². The number of hydrogen-bond donors (Lipinski definition) is 0. The minimum atomic E-state index is -2.94. The average Bonchev–Trinajstić information content (AvgIpc) is 3.39. The van der Waals surface area contributed by atoms with Crippen molar-refractivity contribution in [2.45, 2.75) is 31.6 Å². The standard InChI is InChI=1S/C23H23F2N3O4/c1-29-19-12-16(6-7-18(19)31-22(24)25)21-26-20(32-27-21)13-28-10-11-30-23(14-28)9-8-15-4-2-3-5-17(15)23/h2-7,12,22H,8-11,13-14H2,1H3. The highest BCUT2D eigenvalue weighted by atomic mass is 19.3. The van der Waals surface area contributed by atoms with Crippen molar-refractivity contribution in [3.8, 4) is 22.9 Å². The molecule has 2 aliphatic rings. The van der Waals surface area contributed by atoms with E-state index in [2.05, 4.69) is 44.0 Å². The van der Waals surface area contributed by atoms with Crippen LogP contribution >= 0.6 is 0 Å². The molecule has 168 valence electrons. The van der Waals surface area contributed by atoms with Crippen LogP contribution in [0.25, 0.3) is 11.4 Å². The van der Waals surface area contributed by atoms with Crippen LogP contribution in [0.5, 0.6) is 11.5 Å². The lowest BCUT2D eigenvalue weighted by Crippen LogP contribution is -2.48. The number of benzene rings is 2. The van der Waals surface area contributed by atoms with E-state index in [0.717, 1.165) is 25.9 Å². The Kier molecular flexibility index (Phi) is 5.52. The molecule has 32 heavy (non-hydrogen) atoms. The molecule has 2 aromatic carbocycles. The molecular weight excluding hydrogens is 420 g/mol. The summed E-state index contributed by atoms with van der Waals surface area (Å²) in [5.41, 5.74) is 2.92. The Morgan fingerprint density at radius 3 is 2.91 bits per heavy atom. The Bertz CT molecular complexity index is 1100. The topological polar surface area (TPSA) is 69.9 Å². The molecule has 1 aliphatic heterocycles. The van der Waals surface area contributed by atoms with Gasteiger partial charge in [-0.05, 0) is 42.2 Å². The predicted octanol–water partition coefficient (Wildman–Crippen LogP) is 4.02. The second-order valence-electron chi connectivity index (χ2n) is 7.97. The Morgan fingerprint density at radius 1 is 1.19 bits per heavy atom. The van der Waals surface area contributed by atoms with Gasteiger partial charge in [-0.2, -0.15) is 13.8 Å².